The molecule has 1 atom stereocenters. The Kier molecular flexibility index (Phi) is 4.28. The Balaban J connectivity index is 2.05. The normalized spacial score (nSPS) is 12.4. The van der Waals surface area contributed by atoms with Gasteiger partial charge in [0.1, 0.15) is 10.7 Å². The second-order valence-corrected chi connectivity index (χ2v) is 6.58. The molecule has 2 N–H and O–H groups in total. The van der Waals surface area contributed by atoms with E-state index in [1.165, 1.54) is 11.3 Å². The molecule has 0 bridgehead atoms. The van der Waals surface area contributed by atoms with Crippen LogP contribution in [0, 0.1) is 6.92 Å². The fourth-order valence-corrected chi connectivity index (χ4v) is 3.17. The van der Waals surface area contributed by atoms with E-state index in [0.29, 0.717) is 12.2 Å². The molecule has 19 heavy (non-hydrogen) atoms. The van der Waals surface area contributed by atoms with Crippen molar-refractivity contribution >= 4 is 28.6 Å². The fourth-order valence-electron chi connectivity index (χ4n) is 1.57. The maximum Gasteiger partial charge on any atom is 0.273 e. The van der Waals surface area contributed by atoms with Crippen LogP contribution in [0.4, 0.5) is 0 Å². The van der Waals surface area contributed by atoms with E-state index in [1.54, 1.807) is 34.9 Å². The summed E-state index contributed by atoms with van der Waals surface area (Å²) in [5, 5.41) is 3.55. The number of rotatable bonds is 4. The lowest BCUT2D eigenvalue weighted by Crippen LogP contribution is -2.26. The number of amides is 1. The molecule has 2 aromatic heterocycles. The van der Waals surface area contributed by atoms with Crippen LogP contribution in [0.5, 0.6) is 0 Å². The molecule has 0 aliphatic carbocycles. The highest BCUT2D eigenvalue weighted by atomic mass is 32.1. The SMILES string of the molecule is Cc1ncc(CN(C)C(=O)c2csc(C(C)N)n2)s1. The van der Waals surface area contributed by atoms with Gasteiger partial charge in [0.15, 0.2) is 0 Å². The Labute approximate surface area is 120 Å². The lowest BCUT2D eigenvalue weighted by molar-refractivity contribution is 0.0781. The Morgan fingerprint density at radius 3 is 2.84 bits per heavy atom. The van der Waals surface area contributed by atoms with Crippen LogP contribution in [0.15, 0.2) is 11.6 Å². The van der Waals surface area contributed by atoms with E-state index in [1.807, 2.05) is 13.8 Å². The number of nitrogens with zero attached hydrogens (tertiary/aromatic N) is 3. The predicted molar refractivity (Wildman–Crippen MR) is 77.4 cm³/mol. The molecular formula is C12H16N4OS2. The minimum absolute atomic E-state index is 0.0887. The van der Waals surface area contributed by atoms with Gasteiger partial charge in [-0.1, -0.05) is 0 Å². The van der Waals surface area contributed by atoms with Crippen LogP contribution in [0.1, 0.15) is 38.3 Å². The average Bonchev–Trinajstić information content (AvgIpc) is 2.97. The van der Waals surface area contributed by atoms with Crippen molar-refractivity contribution in [1.82, 2.24) is 14.9 Å². The largest absolute Gasteiger partial charge is 0.335 e. The summed E-state index contributed by atoms with van der Waals surface area (Å²) in [7, 11) is 1.77. The van der Waals surface area contributed by atoms with Crippen molar-refractivity contribution in [3.63, 3.8) is 0 Å². The Morgan fingerprint density at radius 2 is 2.32 bits per heavy atom. The molecule has 0 aliphatic rings. The van der Waals surface area contributed by atoms with E-state index in [-0.39, 0.29) is 11.9 Å². The zero-order valence-electron chi connectivity index (χ0n) is 11.1. The van der Waals surface area contributed by atoms with Gasteiger partial charge in [0, 0.05) is 23.5 Å². The summed E-state index contributed by atoms with van der Waals surface area (Å²) in [5.74, 6) is -0.0887. The maximum atomic E-state index is 12.2. The van der Waals surface area contributed by atoms with Gasteiger partial charge >= 0.3 is 0 Å². The first kappa shape index (κ1) is 14.1. The van der Waals surface area contributed by atoms with Gasteiger partial charge in [-0.15, -0.1) is 22.7 Å². The van der Waals surface area contributed by atoms with Crippen molar-refractivity contribution in [3.05, 3.63) is 32.2 Å². The van der Waals surface area contributed by atoms with E-state index >= 15 is 0 Å². The third-order valence-electron chi connectivity index (χ3n) is 2.54. The molecule has 2 heterocycles. The van der Waals surface area contributed by atoms with Crippen LogP contribution < -0.4 is 5.73 Å². The Hall–Kier alpha value is -1.31. The number of aryl methyl sites for hydroxylation is 1. The van der Waals surface area contributed by atoms with E-state index in [2.05, 4.69) is 9.97 Å². The molecule has 0 aliphatic heterocycles. The first-order chi connectivity index (χ1) is 8.97. The van der Waals surface area contributed by atoms with Crippen LogP contribution in [-0.4, -0.2) is 27.8 Å². The summed E-state index contributed by atoms with van der Waals surface area (Å²) in [6, 6.07) is -0.138. The Morgan fingerprint density at radius 1 is 1.58 bits per heavy atom. The topological polar surface area (TPSA) is 72.1 Å². The number of hydrogen-bond donors (Lipinski definition) is 1. The quantitative estimate of drug-likeness (QED) is 0.939. The third kappa shape index (κ3) is 3.37. The summed E-state index contributed by atoms with van der Waals surface area (Å²) in [6.45, 7) is 4.36. The van der Waals surface area contributed by atoms with Crippen LogP contribution in [-0.2, 0) is 6.54 Å². The highest BCUT2D eigenvalue weighted by molar-refractivity contribution is 7.11. The minimum Gasteiger partial charge on any atom is -0.335 e. The fraction of sp³-hybridized carbons (Fsp3) is 0.417. The lowest BCUT2D eigenvalue weighted by Gasteiger charge is -2.14. The van der Waals surface area contributed by atoms with Gasteiger partial charge in [0.05, 0.1) is 17.6 Å². The molecule has 0 radical (unpaired) electrons. The number of aromatic nitrogens is 2. The van der Waals surface area contributed by atoms with E-state index < -0.39 is 0 Å². The van der Waals surface area contributed by atoms with Crippen molar-refractivity contribution in [2.45, 2.75) is 26.4 Å². The summed E-state index contributed by atoms with van der Waals surface area (Å²) in [5.41, 5.74) is 6.21. The maximum absolute atomic E-state index is 12.2. The predicted octanol–water partition coefficient (Wildman–Crippen LogP) is 2.20. The lowest BCUT2D eigenvalue weighted by atomic mass is 10.3. The molecule has 0 saturated carbocycles. The molecular weight excluding hydrogens is 280 g/mol. The van der Waals surface area contributed by atoms with Crippen LogP contribution in [0.3, 0.4) is 0 Å². The molecule has 2 aromatic rings. The van der Waals surface area contributed by atoms with Gasteiger partial charge in [0.2, 0.25) is 0 Å². The molecule has 0 aromatic carbocycles. The van der Waals surface area contributed by atoms with Crippen molar-refractivity contribution in [1.29, 1.82) is 0 Å². The average molecular weight is 296 g/mol. The Bertz CT molecular complexity index is 576. The van der Waals surface area contributed by atoms with Crippen LogP contribution >= 0.6 is 22.7 Å². The van der Waals surface area contributed by atoms with E-state index in [4.69, 9.17) is 5.73 Å². The van der Waals surface area contributed by atoms with Crippen molar-refractivity contribution < 1.29 is 4.79 Å². The van der Waals surface area contributed by atoms with Crippen LogP contribution in [0.25, 0.3) is 0 Å². The van der Waals surface area contributed by atoms with Gasteiger partial charge in [-0.05, 0) is 13.8 Å². The van der Waals surface area contributed by atoms with Crippen molar-refractivity contribution in [3.8, 4) is 0 Å². The monoisotopic (exact) mass is 296 g/mol. The molecule has 2 rings (SSSR count). The second-order valence-electron chi connectivity index (χ2n) is 4.37. The first-order valence-electron chi connectivity index (χ1n) is 5.85. The van der Waals surface area contributed by atoms with Gasteiger partial charge in [-0.2, -0.15) is 0 Å². The molecule has 1 amide bonds. The highest BCUT2D eigenvalue weighted by Crippen LogP contribution is 2.18. The van der Waals surface area contributed by atoms with Crippen molar-refractivity contribution in [2.24, 2.45) is 5.73 Å². The van der Waals surface area contributed by atoms with Gasteiger partial charge in [0.25, 0.3) is 5.91 Å². The minimum atomic E-state index is -0.138. The second kappa shape index (κ2) is 5.77. The highest BCUT2D eigenvalue weighted by Gasteiger charge is 2.17. The molecule has 1 unspecified atom stereocenters. The summed E-state index contributed by atoms with van der Waals surface area (Å²) in [4.78, 5) is 23.4. The smallest absolute Gasteiger partial charge is 0.273 e. The zero-order valence-corrected chi connectivity index (χ0v) is 12.7. The van der Waals surface area contributed by atoms with Crippen molar-refractivity contribution in [2.75, 3.05) is 7.05 Å². The molecule has 102 valence electrons. The molecule has 5 nitrogen and oxygen atoms in total. The van der Waals surface area contributed by atoms with Gasteiger partial charge < -0.3 is 10.6 Å². The van der Waals surface area contributed by atoms with E-state index in [9.17, 15) is 4.79 Å². The molecule has 0 spiro atoms. The number of hydrogen-bond acceptors (Lipinski definition) is 6. The molecule has 7 heteroatoms. The summed E-state index contributed by atoms with van der Waals surface area (Å²) >= 11 is 3.02. The third-order valence-corrected chi connectivity index (χ3v) is 4.48. The summed E-state index contributed by atoms with van der Waals surface area (Å²) in [6.07, 6.45) is 1.80. The number of nitrogens with two attached hydrogens (primary N) is 1. The first-order valence-corrected chi connectivity index (χ1v) is 7.54. The molecule has 0 fully saturated rings. The summed E-state index contributed by atoms with van der Waals surface area (Å²) < 4.78 is 0. The van der Waals surface area contributed by atoms with Gasteiger partial charge in [-0.25, -0.2) is 9.97 Å². The number of thiazole rings is 2. The number of carbonyl (C=O) groups excluding carboxylic acids is 1. The van der Waals surface area contributed by atoms with E-state index in [0.717, 1.165) is 14.9 Å². The zero-order chi connectivity index (χ0) is 14.0. The molecule has 0 saturated heterocycles. The number of carbonyl (C=O) groups is 1. The van der Waals surface area contributed by atoms with Crippen LogP contribution in [0.2, 0.25) is 0 Å². The standard InChI is InChI=1S/C12H16N4OS2/c1-7(13)11-15-10(6-18-11)12(17)16(3)5-9-4-14-8(2)19-9/h4,6-7H,5,13H2,1-3H3. The van der Waals surface area contributed by atoms with Gasteiger partial charge in [-0.3, -0.25) is 4.79 Å².